The van der Waals surface area contributed by atoms with Crippen LogP contribution in [0.3, 0.4) is 0 Å². The molecule has 0 atom stereocenters. The van der Waals surface area contributed by atoms with E-state index in [-0.39, 0.29) is 16.2 Å². The van der Waals surface area contributed by atoms with Crippen LogP contribution in [0.5, 0.6) is 5.75 Å². The summed E-state index contributed by atoms with van der Waals surface area (Å²) in [5.41, 5.74) is 1.68. The highest BCUT2D eigenvalue weighted by atomic mass is 32.2. The number of amides is 1. The highest BCUT2D eigenvalue weighted by Gasteiger charge is 2.26. The average Bonchev–Trinajstić information content (AvgIpc) is 2.76. The quantitative estimate of drug-likeness (QED) is 0.550. The van der Waals surface area contributed by atoms with E-state index < -0.39 is 21.5 Å². The minimum Gasteiger partial charge on any atom is -0.495 e. The molecular formula is C26H26N2O4S. The van der Waals surface area contributed by atoms with Crippen molar-refractivity contribution in [3.05, 3.63) is 89.5 Å². The van der Waals surface area contributed by atoms with Crippen molar-refractivity contribution in [2.75, 3.05) is 12.4 Å². The second kappa shape index (κ2) is 9.90. The Bertz CT molecular complexity index is 1320. The van der Waals surface area contributed by atoms with E-state index in [4.69, 9.17) is 4.74 Å². The number of carbonyl (C=O) groups excluding carboxylic acids is 1. The molecule has 3 aromatic carbocycles. The molecular weight excluding hydrogens is 436 g/mol. The Hall–Kier alpha value is -3.60. The first-order chi connectivity index (χ1) is 15.6. The number of anilines is 1. The minimum absolute atomic E-state index is 0.102. The van der Waals surface area contributed by atoms with Gasteiger partial charge in [0.05, 0.1) is 7.11 Å². The van der Waals surface area contributed by atoms with Crippen molar-refractivity contribution >= 4 is 21.6 Å². The molecule has 0 unspecified atom stereocenters. The standard InChI is InChI=1S/C26H26N2O4S/c1-26(2,3)28-33(30,31)24-18-21(15-16-23(24)32-4)25(29)27-22-12-8-11-20(17-22)14-13-19-9-6-5-7-10-19/h5-12,15-18,28H,1-4H3,(H,27,29). The van der Waals surface area contributed by atoms with Crippen molar-refractivity contribution in [1.29, 1.82) is 0 Å². The molecule has 0 fully saturated rings. The molecule has 0 aliphatic heterocycles. The van der Waals surface area contributed by atoms with Crippen molar-refractivity contribution in [3.8, 4) is 17.6 Å². The fraction of sp³-hybridized carbons (Fsp3) is 0.192. The highest BCUT2D eigenvalue weighted by molar-refractivity contribution is 7.89. The summed E-state index contributed by atoms with van der Waals surface area (Å²) in [5.74, 6) is 5.86. The van der Waals surface area contributed by atoms with Crippen LogP contribution in [0, 0.1) is 11.8 Å². The fourth-order valence-corrected chi connectivity index (χ4v) is 4.64. The van der Waals surface area contributed by atoms with Crippen LogP contribution >= 0.6 is 0 Å². The molecule has 0 spiro atoms. The van der Waals surface area contributed by atoms with Crippen LogP contribution in [-0.4, -0.2) is 27.0 Å². The Morgan fingerprint density at radius 2 is 1.55 bits per heavy atom. The second-order valence-corrected chi connectivity index (χ2v) is 10.0. The van der Waals surface area contributed by atoms with Gasteiger partial charge in [0.15, 0.2) is 0 Å². The number of hydrogen-bond acceptors (Lipinski definition) is 4. The summed E-state index contributed by atoms with van der Waals surface area (Å²) in [6.45, 7) is 5.21. The topological polar surface area (TPSA) is 84.5 Å². The van der Waals surface area contributed by atoms with E-state index in [1.165, 1.54) is 25.3 Å². The molecule has 0 saturated carbocycles. The summed E-state index contributed by atoms with van der Waals surface area (Å²) in [4.78, 5) is 12.8. The zero-order chi connectivity index (χ0) is 24.1. The number of nitrogens with one attached hydrogen (secondary N) is 2. The Labute approximate surface area is 195 Å². The van der Waals surface area contributed by atoms with E-state index in [0.717, 1.165) is 11.1 Å². The van der Waals surface area contributed by atoms with E-state index in [2.05, 4.69) is 21.9 Å². The van der Waals surface area contributed by atoms with Crippen LogP contribution in [0.4, 0.5) is 5.69 Å². The van der Waals surface area contributed by atoms with Crippen LogP contribution in [-0.2, 0) is 10.0 Å². The van der Waals surface area contributed by atoms with E-state index in [9.17, 15) is 13.2 Å². The fourth-order valence-electron chi connectivity index (χ4n) is 3.03. The summed E-state index contributed by atoms with van der Waals surface area (Å²) in [5, 5.41) is 2.80. The number of benzene rings is 3. The smallest absolute Gasteiger partial charge is 0.255 e. The first-order valence-electron chi connectivity index (χ1n) is 10.3. The molecule has 0 heterocycles. The Kier molecular flexibility index (Phi) is 7.22. The molecule has 2 N–H and O–H groups in total. The number of hydrogen-bond donors (Lipinski definition) is 2. The summed E-state index contributed by atoms with van der Waals surface area (Å²) in [6, 6.07) is 21.0. The lowest BCUT2D eigenvalue weighted by atomic mass is 10.1. The zero-order valence-electron chi connectivity index (χ0n) is 19.0. The average molecular weight is 463 g/mol. The Morgan fingerprint density at radius 3 is 2.21 bits per heavy atom. The van der Waals surface area contributed by atoms with Gasteiger partial charge < -0.3 is 10.1 Å². The molecule has 33 heavy (non-hydrogen) atoms. The molecule has 0 saturated heterocycles. The van der Waals surface area contributed by atoms with Crippen LogP contribution in [0.1, 0.15) is 42.3 Å². The first-order valence-corrected chi connectivity index (χ1v) is 11.8. The maximum Gasteiger partial charge on any atom is 0.255 e. The summed E-state index contributed by atoms with van der Waals surface area (Å²) >= 11 is 0. The Morgan fingerprint density at radius 1 is 0.879 bits per heavy atom. The predicted octanol–water partition coefficient (Wildman–Crippen LogP) is 4.42. The van der Waals surface area contributed by atoms with Gasteiger partial charge in [-0.2, -0.15) is 0 Å². The van der Waals surface area contributed by atoms with Gasteiger partial charge in [-0.15, -0.1) is 0 Å². The van der Waals surface area contributed by atoms with E-state index >= 15 is 0 Å². The van der Waals surface area contributed by atoms with Crippen LogP contribution < -0.4 is 14.8 Å². The highest BCUT2D eigenvalue weighted by Crippen LogP contribution is 2.26. The maximum atomic E-state index is 12.9. The third-order valence-corrected chi connectivity index (χ3v) is 6.18. The lowest BCUT2D eigenvalue weighted by molar-refractivity contribution is 0.102. The van der Waals surface area contributed by atoms with Gasteiger partial charge in [0.1, 0.15) is 10.6 Å². The molecule has 0 aromatic heterocycles. The zero-order valence-corrected chi connectivity index (χ0v) is 19.8. The lowest BCUT2D eigenvalue weighted by Crippen LogP contribution is -2.40. The first kappa shape index (κ1) is 24.1. The van der Waals surface area contributed by atoms with Gasteiger partial charge in [-0.25, -0.2) is 13.1 Å². The number of ether oxygens (including phenoxy) is 1. The molecule has 0 bridgehead atoms. The van der Waals surface area contributed by atoms with Gasteiger partial charge in [-0.1, -0.05) is 36.1 Å². The minimum atomic E-state index is -3.90. The monoisotopic (exact) mass is 462 g/mol. The van der Waals surface area contributed by atoms with Crippen LogP contribution in [0.15, 0.2) is 77.7 Å². The van der Waals surface area contributed by atoms with E-state index in [0.29, 0.717) is 5.69 Å². The van der Waals surface area contributed by atoms with E-state index in [1.807, 2.05) is 36.4 Å². The molecule has 0 aliphatic rings. The Balaban J connectivity index is 1.84. The summed E-state index contributed by atoms with van der Waals surface area (Å²) < 4.78 is 33.5. The molecule has 0 radical (unpaired) electrons. The molecule has 0 aliphatic carbocycles. The van der Waals surface area contributed by atoms with Crippen molar-refractivity contribution < 1.29 is 17.9 Å². The van der Waals surface area contributed by atoms with Gasteiger partial charge in [-0.05, 0) is 69.3 Å². The van der Waals surface area contributed by atoms with Gasteiger partial charge >= 0.3 is 0 Å². The molecule has 1 amide bonds. The van der Waals surface area contributed by atoms with Crippen molar-refractivity contribution in [2.24, 2.45) is 0 Å². The van der Waals surface area contributed by atoms with Crippen molar-refractivity contribution in [1.82, 2.24) is 4.72 Å². The molecule has 3 rings (SSSR count). The largest absolute Gasteiger partial charge is 0.495 e. The van der Waals surface area contributed by atoms with Gasteiger partial charge in [0.2, 0.25) is 10.0 Å². The maximum absolute atomic E-state index is 12.9. The SMILES string of the molecule is COc1ccc(C(=O)Nc2cccc(C#Cc3ccccc3)c2)cc1S(=O)(=O)NC(C)(C)C. The van der Waals surface area contributed by atoms with E-state index in [1.54, 1.807) is 39.0 Å². The van der Waals surface area contributed by atoms with Gasteiger partial charge in [0, 0.05) is 27.9 Å². The van der Waals surface area contributed by atoms with Crippen LogP contribution in [0.25, 0.3) is 0 Å². The summed E-state index contributed by atoms with van der Waals surface area (Å²) in [7, 11) is -2.52. The summed E-state index contributed by atoms with van der Waals surface area (Å²) in [6.07, 6.45) is 0. The predicted molar refractivity (Wildman–Crippen MR) is 130 cm³/mol. The van der Waals surface area contributed by atoms with Gasteiger partial charge in [0.25, 0.3) is 5.91 Å². The molecule has 3 aromatic rings. The number of carbonyl (C=O) groups is 1. The lowest BCUT2D eigenvalue weighted by Gasteiger charge is -2.21. The number of sulfonamides is 1. The van der Waals surface area contributed by atoms with Gasteiger partial charge in [-0.3, -0.25) is 4.79 Å². The number of rotatable bonds is 5. The van der Waals surface area contributed by atoms with Crippen molar-refractivity contribution in [2.45, 2.75) is 31.2 Å². The number of methoxy groups -OCH3 is 1. The molecule has 170 valence electrons. The van der Waals surface area contributed by atoms with Crippen molar-refractivity contribution in [3.63, 3.8) is 0 Å². The third kappa shape index (κ3) is 6.69. The normalized spacial score (nSPS) is 11.3. The third-order valence-electron chi connectivity index (χ3n) is 4.40. The molecule has 6 nitrogen and oxygen atoms in total. The second-order valence-electron chi connectivity index (χ2n) is 8.37. The van der Waals surface area contributed by atoms with Crippen LogP contribution in [0.2, 0.25) is 0 Å². The molecule has 7 heteroatoms.